The summed E-state index contributed by atoms with van der Waals surface area (Å²) in [4.78, 5) is 28.3. The molecule has 0 unspecified atom stereocenters. The molecular weight excluding hydrogens is 442 g/mol. The highest BCUT2D eigenvalue weighted by molar-refractivity contribution is 7.89. The van der Waals surface area contributed by atoms with Crippen molar-refractivity contribution in [1.82, 2.24) is 19.5 Å². The van der Waals surface area contributed by atoms with E-state index in [2.05, 4.69) is 20.1 Å². The molecule has 10 nitrogen and oxygen atoms in total. The molecule has 3 aromatic rings. The standard InChI is InChI=1S/C19H21N5O5S2/c1-13-5-3-4-6-16(13)23-17(25)7-18-22-14(12-30-18)11-29-19(26)9-21-31(27,28)15-8-20-24(2)10-15/h3-6,8,10,12,21H,7,9,11H2,1-2H3,(H,23,25). The van der Waals surface area contributed by atoms with Gasteiger partial charge in [0, 0.05) is 24.3 Å². The van der Waals surface area contributed by atoms with Crippen LogP contribution in [0.3, 0.4) is 0 Å². The van der Waals surface area contributed by atoms with E-state index in [1.54, 1.807) is 12.4 Å². The summed E-state index contributed by atoms with van der Waals surface area (Å²) in [5, 5.41) is 8.88. The molecule has 2 aromatic heterocycles. The Morgan fingerprint density at radius 2 is 2.03 bits per heavy atom. The Hall–Kier alpha value is -3.09. The maximum absolute atomic E-state index is 12.2. The molecule has 0 atom stereocenters. The van der Waals surface area contributed by atoms with E-state index >= 15 is 0 Å². The van der Waals surface area contributed by atoms with Crippen molar-refractivity contribution in [2.24, 2.45) is 7.05 Å². The average molecular weight is 464 g/mol. The van der Waals surface area contributed by atoms with Gasteiger partial charge in [-0.05, 0) is 18.6 Å². The molecule has 2 N–H and O–H groups in total. The maximum atomic E-state index is 12.2. The Morgan fingerprint density at radius 3 is 2.74 bits per heavy atom. The Kier molecular flexibility index (Phi) is 7.15. The van der Waals surface area contributed by atoms with Gasteiger partial charge in [-0.3, -0.25) is 14.3 Å². The van der Waals surface area contributed by atoms with Crippen molar-refractivity contribution in [3.05, 3.63) is 58.3 Å². The molecule has 0 aliphatic heterocycles. The van der Waals surface area contributed by atoms with E-state index in [0.717, 1.165) is 11.3 Å². The van der Waals surface area contributed by atoms with Gasteiger partial charge in [-0.2, -0.15) is 9.82 Å². The van der Waals surface area contributed by atoms with Crippen LogP contribution in [0.25, 0.3) is 0 Å². The van der Waals surface area contributed by atoms with Crippen molar-refractivity contribution in [1.29, 1.82) is 0 Å². The Bertz CT molecular complexity index is 1190. The van der Waals surface area contributed by atoms with Gasteiger partial charge in [-0.1, -0.05) is 18.2 Å². The first-order valence-electron chi connectivity index (χ1n) is 9.15. The SMILES string of the molecule is Cc1ccccc1NC(=O)Cc1nc(COC(=O)CNS(=O)(=O)c2cnn(C)c2)cs1. The number of nitrogens with zero attached hydrogens (tertiary/aromatic N) is 3. The molecule has 12 heteroatoms. The highest BCUT2D eigenvalue weighted by Crippen LogP contribution is 2.16. The fourth-order valence-electron chi connectivity index (χ4n) is 2.52. The zero-order valence-electron chi connectivity index (χ0n) is 16.9. The highest BCUT2D eigenvalue weighted by Gasteiger charge is 2.18. The number of thiazole rings is 1. The summed E-state index contributed by atoms with van der Waals surface area (Å²) in [5.74, 6) is -0.948. The number of anilines is 1. The van der Waals surface area contributed by atoms with Gasteiger partial charge in [0.25, 0.3) is 0 Å². The molecule has 1 amide bonds. The molecule has 0 aliphatic rings. The number of aryl methyl sites for hydroxylation is 2. The number of hydrogen-bond acceptors (Lipinski definition) is 8. The number of hydrogen-bond donors (Lipinski definition) is 2. The quantitative estimate of drug-likeness (QED) is 0.458. The number of aromatic nitrogens is 3. The van der Waals surface area contributed by atoms with Crippen LogP contribution >= 0.6 is 11.3 Å². The van der Waals surface area contributed by atoms with E-state index in [1.807, 2.05) is 31.2 Å². The summed E-state index contributed by atoms with van der Waals surface area (Å²) >= 11 is 1.28. The van der Waals surface area contributed by atoms with Crippen LogP contribution in [-0.4, -0.2) is 41.6 Å². The first kappa shape index (κ1) is 22.6. The van der Waals surface area contributed by atoms with Crippen molar-refractivity contribution < 1.29 is 22.7 Å². The molecule has 0 radical (unpaired) electrons. The molecule has 0 fully saturated rings. The van der Waals surface area contributed by atoms with Crippen molar-refractivity contribution >= 4 is 38.9 Å². The minimum absolute atomic E-state index is 0.0454. The molecule has 0 bridgehead atoms. The topological polar surface area (TPSA) is 132 Å². The minimum atomic E-state index is -3.85. The smallest absolute Gasteiger partial charge is 0.321 e. The Morgan fingerprint density at radius 1 is 1.26 bits per heavy atom. The lowest BCUT2D eigenvalue weighted by Crippen LogP contribution is -2.30. The number of para-hydroxylation sites is 1. The Balaban J connectivity index is 1.45. The summed E-state index contributed by atoms with van der Waals surface area (Å²) in [6, 6.07) is 7.46. The second-order valence-corrected chi connectivity index (χ2v) is 9.32. The van der Waals surface area contributed by atoms with Gasteiger partial charge in [0.15, 0.2) is 0 Å². The second-order valence-electron chi connectivity index (χ2n) is 6.61. The van der Waals surface area contributed by atoms with Crippen molar-refractivity contribution in [3.63, 3.8) is 0 Å². The average Bonchev–Trinajstić information content (AvgIpc) is 3.36. The third-order valence-electron chi connectivity index (χ3n) is 4.11. The molecule has 1 aromatic carbocycles. The van der Waals surface area contributed by atoms with Gasteiger partial charge in [-0.25, -0.2) is 13.4 Å². The predicted octanol–water partition coefficient (Wildman–Crippen LogP) is 1.39. The molecule has 31 heavy (non-hydrogen) atoms. The molecule has 0 saturated heterocycles. The van der Waals surface area contributed by atoms with Crippen molar-refractivity contribution in [3.8, 4) is 0 Å². The number of carbonyl (C=O) groups excluding carboxylic acids is 2. The van der Waals surface area contributed by atoms with Crippen LogP contribution in [0.5, 0.6) is 0 Å². The predicted molar refractivity (Wildman–Crippen MR) is 114 cm³/mol. The van der Waals surface area contributed by atoms with Crippen LogP contribution in [-0.2, 0) is 44.4 Å². The first-order valence-corrected chi connectivity index (χ1v) is 11.5. The highest BCUT2D eigenvalue weighted by atomic mass is 32.2. The monoisotopic (exact) mass is 463 g/mol. The number of esters is 1. The summed E-state index contributed by atoms with van der Waals surface area (Å²) in [7, 11) is -2.26. The molecule has 0 spiro atoms. The van der Waals surface area contributed by atoms with Gasteiger partial charge in [-0.15, -0.1) is 11.3 Å². The van der Waals surface area contributed by atoms with Crippen LogP contribution in [0.1, 0.15) is 16.3 Å². The number of ether oxygens (including phenoxy) is 1. The third-order valence-corrected chi connectivity index (χ3v) is 6.36. The molecule has 0 aliphatic carbocycles. The number of carbonyl (C=O) groups is 2. The number of amides is 1. The number of benzene rings is 1. The van der Waals surface area contributed by atoms with E-state index in [0.29, 0.717) is 10.7 Å². The number of nitrogens with one attached hydrogen (secondary N) is 2. The van der Waals surface area contributed by atoms with E-state index < -0.39 is 22.5 Å². The van der Waals surface area contributed by atoms with Crippen LogP contribution in [0.2, 0.25) is 0 Å². The lowest BCUT2D eigenvalue weighted by Gasteiger charge is -2.06. The first-order chi connectivity index (χ1) is 14.7. The van der Waals surface area contributed by atoms with Crippen LogP contribution in [0, 0.1) is 6.92 Å². The minimum Gasteiger partial charge on any atom is -0.458 e. The van der Waals surface area contributed by atoms with Gasteiger partial charge in [0.05, 0.1) is 18.3 Å². The molecule has 3 rings (SSSR count). The lowest BCUT2D eigenvalue weighted by atomic mass is 10.2. The third kappa shape index (κ3) is 6.44. The van der Waals surface area contributed by atoms with Crippen LogP contribution in [0.4, 0.5) is 5.69 Å². The van der Waals surface area contributed by atoms with Gasteiger partial charge in [0.2, 0.25) is 15.9 Å². The molecule has 164 valence electrons. The zero-order chi connectivity index (χ0) is 22.4. The Labute approximate surface area is 183 Å². The maximum Gasteiger partial charge on any atom is 0.321 e. The normalized spacial score (nSPS) is 11.3. The number of rotatable bonds is 9. The van der Waals surface area contributed by atoms with Crippen LogP contribution < -0.4 is 10.0 Å². The van der Waals surface area contributed by atoms with Gasteiger partial charge >= 0.3 is 5.97 Å². The fraction of sp³-hybridized carbons (Fsp3) is 0.263. The molecule has 2 heterocycles. The largest absolute Gasteiger partial charge is 0.458 e. The molecular formula is C19H21N5O5S2. The summed E-state index contributed by atoms with van der Waals surface area (Å²) in [5.41, 5.74) is 2.18. The van der Waals surface area contributed by atoms with Crippen LogP contribution in [0.15, 0.2) is 46.9 Å². The van der Waals surface area contributed by atoms with E-state index in [1.165, 1.54) is 28.4 Å². The number of sulfonamides is 1. The van der Waals surface area contributed by atoms with Gasteiger partial charge < -0.3 is 10.1 Å². The zero-order valence-corrected chi connectivity index (χ0v) is 18.5. The van der Waals surface area contributed by atoms with E-state index in [9.17, 15) is 18.0 Å². The molecule has 0 saturated carbocycles. The van der Waals surface area contributed by atoms with Crippen molar-refractivity contribution in [2.75, 3.05) is 11.9 Å². The summed E-state index contributed by atoms with van der Waals surface area (Å²) in [6.07, 6.45) is 2.59. The summed E-state index contributed by atoms with van der Waals surface area (Å²) < 4.78 is 32.7. The van der Waals surface area contributed by atoms with Crippen molar-refractivity contribution in [2.45, 2.75) is 24.8 Å². The second kappa shape index (κ2) is 9.81. The summed E-state index contributed by atoms with van der Waals surface area (Å²) in [6.45, 7) is 1.26. The fourth-order valence-corrected chi connectivity index (χ4v) is 4.25. The lowest BCUT2D eigenvalue weighted by molar-refractivity contribution is -0.143. The van der Waals surface area contributed by atoms with E-state index in [-0.39, 0.29) is 23.8 Å². The van der Waals surface area contributed by atoms with E-state index in [4.69, 9.17) is 4.74 Å². The van der Waals surface area contributed by atoms with Gasteiger partial charge in [0.1, 0.15) is 23.1 Å².